The van der Waals surface area contributed by atoms with Crippen LogP contribution in [0, 0.1) is 12.7 Å². The fourth-order valence-electron chi connectivity index (χ4n) is 1.67. The van der Waals surface area contributed by atoms with E-state index in [0.717, 1.165) is 5.01 Å². The van der Waals surface area contributed by atoms with Crippen molar-refractivity contribution in [2.24, 2.45) is 5.73 Å². The second kappa shape index (κ2) is 5.37. The van der Waals surface area contributed by atoms with Gasteiger partial charge in [-0.3, -0.25) is 4.79 Å². The van der Waals surface area contributed by atoms with Gasteiger partial charge in [0.2, 0.25) is 5.78 Å². The van der Waals surface area contributed by atoms with Crippen LogP contribution in [0.4, 0.5) is 4.39 Å². The molecule has 0 radical (unpaired) electrons. The van der Waals surface area contributed by atoms with E-state index in [9.17, 15) is 9.18 Å². The fraction of sp³-hybridized carbons (Fsp3) is 0.231. The molecule has 0 aliphatic rings. The quantitative estimate of drug-likeness (QED) is 0.862. The summed E-state index contributed by atoms with van der Waals surface area (Å²) in [7, 11) is 0. The van der Waals surface area contributed by atoms with Gasteiger partial charge in [0.15, 0.2) is 0 Å². The topological polar surface area (TPSA) is 56.0 Å². The molecule has 5 heteroatoms. The summed E-state index contributed by atoms with van der Waals surface area (Å²) in [6.45, 7) is 2.22. The third-order valence-electron chi connectivity index (χ3n) is 2.58. The van der Waals surface area contributed by atoms with E-state index in [1.54, 1.807) is 12.3 Å². The van der Waals surface area contributed by atoms with Crippen LogP contribution in [0.15, 0.2) is 23.6 Å². The van der Waals surface area contributed by atoms with E-state index in [2.05, 4.69) is 4.98 Å². The van der Waals surface area contributed by atoms with Gasteiger partial charge in [0.1, 0.15) is 11.5 Å². The number of aryl methyl sites for hydroxylation is 1. The van der Waals surface area contributed by atoms with E-state index >= 15 is 0 Å². The highest BCUT2D eigenvalue weighted by Crippen LogP contribution is 2.17. The Morgan fingerprint density at radius 1 is 1.50 bits per heavy atom. The number of thiazole rings is 1. The standard InChI is InChI=1S/C13H13FN2OS/c1-8-6-9(14)2-3-10(8)13(17)11-7-18-12(16-11)4-5-15/h2-3,6-7H,4-5,15H2,1H3. The minimum absolute atomic E-state index is 0.174. The van der Waals surface area contributed by atoms with Crippen molar-refractivity contribution in [1.82, 2.24) is 4.98 Å². The third-order valence-corrected chi connectivity index (χ3v) is 3.48. The lowest BCUT2D eigenvalue weighted by molar-refractivity contribution is 0.103. The Labute approximate surface area is 108 Å². The Morgan fingerprint density at radius 2 is 2.28 bits per heavy atom. The van der Waals surface area contributed by atoms with Crippen molar-refractivity contribution in [3.05, 3.63) is 51.2 Å². The summed E-state index contributed by atoms with van der Waals surface area (Å²) in [5.74, 6) is -0.516. The second-order valence-corrected chi connectivity index (χ2v) is 4.90. The van der Waals surface area contributed by atoms with E-state index in [4.69, 9.17) is 5.73 Å². The molecule has 1 aromatic heterocycles. The highest BCUT2D eigenvalue weighted by atomic mass is 32.1. The molecular formula is C13H13FN2OS. The summed E-state index contributed by atoms with van der Waals surface area (Å²) >= 11 is 1.42. The Bertz CT molecular complexity index is 580. The highest BCUT2D eigenvalue weighted by Gasteiger charge is 2.15. The second-order valence-electron chi connectivity index (χ2n) is 3.95. The predicted molar refractivity (Wildman–Crippen MR) is 69.4 cm³/mol. The number of ketones is 1. The first kappa shape index (κ1) is 12.9. The first-order valence-electron chi connectivity index (χ1n) is 5.57. The van der Waals surface area contributed by atoms with E-state index in [1.807, 2.05) is 0 Å². The number of aromatic nitrogens is 1. The molecule has 2 N–H and O–H groups in total. The molecule has 1 aromatic carbocycles. The van der Waals surface area contributed by atoms with E-state index in [-0.39, 0.29) is 11.6 Å². The molecule has 0 unspecified atom stereocenters. The predicted octanol–water partition coefficient (Wildman–Crippen LogP) is 2.32. The zero-order valence-electron chi connectivity index (χ0n) is 9.94. The van der Waals surface area contributed by atoms with Crippen LogP contribution in [-0.4, -0.2) is 17.3 Å². The number of hydrogen-bond donors (Lipinski definition) is 1. The first-order valence-corrected chi connectivity index (χ1v) is 6.45. The molecule has 18 heavy (non-hydrogen) atoms. The average Bonchev–Trinajstić information content (AvgIpc) is 2.77. The largest absolute Gasteiger partial charge is 0.330 e. The Balaban J connectivity index is 2.29. The monoisotopic (exact) mass is 264 g/mol. The lowest BCUT2D eigenvalue weighted by atomic mass is 10.0. The molecule has 0 amide bonds. The Kier molecular flexibility index (Phi) is 3.84. The molecule has 0 fully saturated rings. The van der Waals surface area contributed by atoms with E-state index in [0.29, 0.717) is 29.8 Å². The maximum Gasteiger partial charge on any atom is 0.212 e. The smallest absolute Gasteiger partial charge is 0.212 e. The van der Waals surface area contributed by atoms with Crippen molar-refractivity contribution in [2.75, 3.05) is 6.54 Å². The average molecular weight is 264 g/mol. The summed E-state index contributed by atoms with van der Waals surface area (Å²) < 4.78 is 13.0. The Hall–Kier alpha value is -1.59. The molecule has 0 atom stereocenters. The number of rotatable bonds is 4. The van der Waals surface area contributed by atoms with Gasteiger partial charge in [-0.05, 0) is 37.2 Å². The number of carbonyl (C=O) groups is 1. The summed E-state index contributed by atoms with van der Waals surface area (Å²) in [4.78, 5) is 16.4. The Morgan fingerprint density at radius 3 is 2.94 bits per heavy atom. The lowest BCUT2D eigenvalue weighted by Gasteiger charge is -2.02. The number of halogens is 1. The summed E-state index contributed by atoms with van der Waals surface area (Å²) in [6.07, 6.45) is 0.667. The molecular weight excluding hydrogens is 251 g/mol. The van der Waals surface area contributed by atoms with Crippen LogP contribution >= 0.6 is 11.3 Å². The number of benzene rings is 1. The van der Waals surface area contributed by atoms with Crippen molar-refractivity contribution in [1.29, 1.82) is 0 Å². The molecule has 2 rings (SSSR count). The van der Waals surface area contributed by atoms with Crippen LogP contribution in [0.5, 0.6) is 0 Å². The molecule has 0 spiro atoms. The zero-order chi connectivity index (χ0) is 13.1. The molecule has 94 valence electrons. The van der Waals surface area contributed by atoms with Crippen LogP contribution in [0.2, 0.25) is 0 Å². The summed E-state index contributed by atoms with van der Waals surface area (Å²) in [6, 6.07) is 4.13. The van der Waals surface area contributed by atoms with Gasteiger partial charge in [-0.2, -0.15) is 0 Å². The summed E-state index contributed by atoms with van der Waals surface area (Å²) in [5, 5.41) is 2.57. The maximum atomic E-state index is 13.0. The summed E-state index contributed by atoms with van der Waals surface area (Å²) in [5.41, 5.74) is 6.94. The van der Waals surface area contributed by atoms with Crippen molar-refractivity contribution >= 4 is 17.1 Å². The molecule has 0 aliphatic heterocycles. The molecule has 0 bridgehead atoms. The van der Waals surface area contributed by atoms with Gasteiger partial charge in [-0.15, -0.1) is 11.3 Å². The number of carbonyl (C=O) groups excluding carboxylic acids is 1. The maximum absolute atomic E-state index is 13.0. The van der Waals surface area contributed by atoms with Gasteiger partial charge in [-0.25, -0.2) is 9.37 Å². The molecule has 0 saturated heterocycles. The van der Waals surface area contributed by atoms with Gasteiger partial charge in [0.05, 0.1) is 5.01 Å². The van der Waals surface area contributed by atoms with Gasteiger partial charge >= 0.3 is 0 Å². The fourth-order valence-corrected chi connectivity index (χ4v) is 2.47. The van der Waals surface area contributed by atoms with Crippen LogP contribution in [0.25, 0.3) is 0 Å². The SMILES string of the molecule is Cc1cc(F)ccc1C(=O)c1csc(CCN)n1. The van der Waals surface area contributed by atoms with E-state index < -0.39 is 0 Å². The first-order chi connectivity index (χ1) is 8.61. The van der Waals surface area contributed by atoms with Crippen molar-refractivity contribution in [3.63, 3.8) is 0 Å². The van der Waals surface area contributed by atoms with Crippen LogP contribution < -0.4 is 5.73 Å². The molecule has 0 saturated carbocycles. The highest BCUT2D eigenvalue weighted by molar-refractivity contribution is 7.09. The minimum Gasteiger partial charge on any atom is -0.330 e. The number of nitrogens with two attached hydrogens (primary N) is 1. The zero-order valence-corrected chi connectivity index (χ0v) is 10.8. The molecule has 0 aliphatic carbocycles. The number of hydrogen-bond acceptors (Lipinski definition) is 4. The van der Waals surface area contributed by atoms with Crippen LogP contribution in [0.3, 0.4) is 0 Å². The van der Waals surface area contributed by atoms with Gasteiger partial charge in [0, 0.05) is 17.4 Å². The van der Waals surface area contributed by atoms with Crippen molar-refractivity contribution in [3.8, 4) is 0 Å². The molecule has 1 heterocycles. The minimum atomic E-state index is -0.342. The van der Waals surface area contributed by atoms with Crippen molar-refractivity contribution in [2.45, 2.75) is 13.3 Å². The van der Waals surface area contributed by atoms with Crippen LogP contribution in [-0.2, 0) is 6.42 Å². The number of nitrogens with zero attached hydrogens (tertiary/aromatic N) is 1. The third kappa shape index (κ3) is 2.63. The van der Waals surface area contributed by atoms with Crippen LogP contribution in [0.1, 0.15) is 26.6 Å². The van der Waals surface area contributed by atoms with Gasteiger partial charge in [0.25, 0.3) is 0 Å². The molecule has 2 aromatic rings. The normalized spacial score (nSPS) is 10.6. The molecule has 3 nitrogen and oxygen atoms in total. The lowest BCUT2D eigenvalue weighted by Crippen LogP contribution is -2.06. The van der Waals surface area contributed by atoms with Crippen molar-refractivity contribution < 1.29 is 9.18 Å². The van der Waals surface area contributed by atoms with Gasteiger partial charge in [-0.1, -0.05) is 0 Å². The van der Waals surface area contributed by atoms with Gasteiger partial charge < -0.3 is 5.73 Å². The van der Waals surface area contributed by atoms with E-state index in [1.165, 1.54) is 29.5 Å².